The molecule has 0 aromatic heterocycles. The second-order valence-electron chi connectivity index (χ2n) is 1.97. The minimum absolute atomic E-state index is 0.0718. The lowest BCUT2D eigenvalue weighted by Crippen LogP contribution is -1.97. The van der Waals surface area contributed by atoms with Crippen LogP contribution in [0.4, 0.5) is 5.69 Å². The van der Waals surface area contributed by atoms with E-state index in [2.05, 4.69) is 0 Å². The Morgan fingerprint density at radius 2 is 2.18 bits per heavy atom. The van der Waals surface area contributed by atoms with Gasteiger partial charge in [0.05, 0.1) is 16.3 Å². The number of nitrogens with one attached hydrogen (secondary N) is 1. The first-order valence-corrected chi connectivity index (χ1v) is 3.24. The third-order valence-electron chi connectivity index (χ3n) is 1.24. The molecule has 3 nitrogen and oxygen atoms in total. The van der Waals surface area contributed by atoms with Crippen LogP contribution in [0.2, 0.25) is 5.02 Å². The van der Waals surface area contributed by atoms with Gasteiger partial charge in [0.1, 0.15) is 0 Å². The molecule has 0 aliphatic heterocycles. The molecule has 11 heavy (non-hydrogen) atoms. The highest BCUT2D eigenvalue weighted by atomic mass is 35.5. The first kappa shape index (κ1) is 7.88. The Labute approximate surface area is 68.4 Å². The lowest BCUT2D eigenvalue weighted by Gasteiger charge is -1.99. The van der Waals surface area contributed by atoms with Crippen molar-refractivity contribution in [1.82, 2.24) is 5.73 Å². The summed E-state index contributed by atoms with van der Waals surface area (Å²) in [6, 6.07) is 4.33. The maximum absolute atomic E-state index is 10.4. The molecule has 0 unspecified atom stereocenters. The van der Waals surface area contributed by atoms with Crippen LogP contribution in [-0.4, -0.2) is 11.1 Å². The SMILES string of the molecule is [NH]c1c(Cl)cccc1C(=O)O. The van der Waals surface area contributed by atoms with Gasteiger partial charge in [0, 0.05) is 0 Å². The summed E-state index contributed by atoms with van der Waals surface area (Å²) in [7, 11) is 0. The maximum Gasteiger partial charge on any atom is 0.337 e. The normalized spacial score (nSPS) is 9.55. The summed E-state index contributed by atoms with van der Waals surface area (Å²) in [4.78, 5) is 10.4. The summed E-state index contributed by atoms with van der Waals surface area (Å²) in [5.41, 5.74) is 7.00. The van der Waals surface area contributed by atoms with Gasteiger partial charge in [0.2, 0.25) is 0 Å². The molecule has 0 aliphatic rings. The maximum atomic E-state index is 10.4. The minimum Gasteiger partial charge on any atom is -0.478 e. The molecule has 0 amide bonds. The van der Waals surface area contributed by atoms with Crippen molar-refractivity contribution < 1.29 is 9.90 Å². The molecule has 1 radical (unpaired) electrons. The van der Waals surface area contributed by atoms with Gasteiger partial charge in [0.15, 0.2) is 0 Å². The third-order valence-corrected chi connectivity index (χ3v) is 1.56. The molecule has 0 heterocycles. The molecule has 1 aromatic carbocycles. The van der Waals surface area contributed by atoms with Crippen LogP contribution in [0.25, 0.3) is 0 Å². The van der Waals surface area contributed by atoms with Gasteiger partial charge >= 0.3 is 5.97 Å². The Morgan fingerprint density at radius 1 is 1.55 bits per heavy atom. The van der Waals surface area contributed by atoms with Crippen LogP contribution >= 0.6 is 11.6 Å². The van der Waals surface area contributed by atoms with E-state index in [-0.39, 0.29) is 16.3 Å². The van der Waals surface area contributed by atoms with Crippen LogP contribution in [0.1, 0.15) is 10.4 Å². The molecular formula is C7H5ClNO2. The summed E-state index contributed by atoms with van der Waals surface area (Å²) in [6.07, 6.45) is 0. The lowest BCUT2D eigenvalue weighted by atomic mass is 10.2. The van der Waals surface area contributed by atoms with E-state index in [9.17, 15) is 4.79 Å². The van der Waals surface area contributed by atoms with Crippen molar-refractivity contribution >= 4 is 23.3 Å². The topological polar surface area (TPSA) is 61.1 Å². The van der Waals surface area contributed by atoms with E-state index in [0.717, 1.165) is 0 Å². The fourth-order valence-corrected chi connectivity index (χ4v) is 0.877. The fraction of sp³-hybridized carbons (Fsp3) is 0. The van der Waals surface area contributed by atoms with E-state index in [1.54, 1.807) is 0 Å². The van der Waals surface area contributed by atoms with Crippen LogP contribution in [-0.2, 0) is 0 Å². The zero-order valence-electron chi connectivity index (χ0n) is 5.47. The van der Waals surface area contributed by atoms with Crippen LogP contribution in [0.3, 0.4) is 0 Å². The van der Waals surface area contributed by atoms with Gasteiger partial charge in [-0.05, 0) is 12.1 Å². The molecule has 0 saturated heterocycles. The van der Waals surface area contributed by atoms with Gasteiger partial charge in [-0.3, -0.25) is 5.73 Å². The largest absolute Gasteiger partial charge is 0.478 e. The summed E-state index contributed by atoms with van der Waals surface area (Å²) in [6.45, 7) is 0. The van der Waals surface area contributed by atoms with Crippen molar-refractivity contribution in [2.75, 3.05) is 0 Å². The number of hydrogen-bond acceptors (Lipinski definition) is 1. The predicted molar refractivity (Wildman–Crippen MR) is 41.2 cm³/mol. The second kappa shape index (κ2) is 2.80. The van der Waals surface area contributed by atoms with Crippen molar-refractivity contribution in [3.63, 3.8) is 0 Å². The van der Waals surface area contributed by atoms with Crippen LogP contribution in [0.15, 0.2) is 18.2 Å². The number of carboxylic acid groups (broad SMARTS) is 1. The lowest BCUT2D eigenvalue weighted by molar-refractivity contribution is 0.0698. The van der Waals surface area contributed by atoms with Crippen molar-refractivity contribution in [1.29, 1.82) is 0 Å². The van der Waals surface area contributed by atoms with Gasteiger partial charge < -0.3 is 5.11 Å². The quantitative estimate of drug-likeness (QED) is 0.700. The molecule has 0 spiro atoms. The smallest absolute Gasteiger partial charge is 0.337 e. The average Bonchev–Trinajstić information content (AvgIpc) is 1.94. The molecule has 1 rings (SSSR count). The van der Waals surface area contributed by atoms with Crippen molar-refractivity contribution in [3.05, 3.63) is 28.8 Å². The van der Waals surface area contributed by atoms with E-state index in [1.165, 1.54) is 18.2 Å². The first-order chi connectivity index (χ1) is 5.13. The van der Waals surface area contributed by atoms with Gasteiger partial charge in [-0.25, -0.2) is 4.79 Å². The number of hydrogen-bond donors (Lipinski definition) is 1. The molecule has 1 aromatic rings. The molecule has 57 valence electrons. The molecule has 4 heteroatoms. The highest BCUT2D eigenvalue weighted by Crippen LogP contribution is 2.23. The molecule has 0 saturated carbocycles. The van der Waals surface area contributed by atoms with Crippen LogP contribution in [0, 0.1) is 0 Å². The highest BCUT2D eigenvalue weighted by Gasteiger charge is 2.09. The Hall–Kier alpha value is -1.22. The minimum atomic E-state index is -1.13. The van der Waals surface area contributed by atoms with Gasteiger partial charge in [-0.15, -0.1) is 0 Å². The Kier molecular flexibility index (Phi) is 2.01. The predicted octanol–water partition coefficient (Wildman–Crippen LogP) is 1.95. The number of benzene rings is 1. The molecule has 0 aliphatic carbocycles. The third kappa shape index (κ3) is 1.43. The monoisotopic (exact) mass is 170 g/mol. The number of carboxylic acids is 1. The Bertz CT molecular complexity index is 298. The Balaban J connectivity index is 3.27. The van der Waals surface area contributed by atoms with Crippen molar-refractivity contribution in [2.24, 2.45) is 0 Å². The Morgan fingerprint density at radius 3 is 2.64 bits per heavy atom. The number of aromatic carboxylic acids is 1. The molecule has 0 atom stereocenters. The summed E-state index contributed by atoms with van der Waals surface area (Å²) in [5.74, 6) is -1.13. The average molecular weight is 171 g/mol. The van der Waals surface area contributed by atoms with E-state index in [0.29, 0.717) is 0 Å². The number of halogens is 1. The number of rotatable bonds is 1. The number of carbonyl (C=O) groups is 1. The zero-order chi connectivity index (χ0) is 8.43. The van der Waals surface area contributed by atoms with Gasteiger partial charge in [-0.2, -0.15) is 0 Å². The van der Waals surface area contributed by atoms with E-state index >= 15 is 0 Å². The van der Waals surface area contributed by atoms with Gasteiger partial charge in [0.25, 0.3) is 0 Å². The van der Waals surface area contributed by atoms with Crippen molar-refractivity contribution in [3.8, 4) is 0 Å². The molecule has 0 fully saturated rings. The molecular weight excluding hydrogens is 166 g/mol. The summed E-state index contributed by atoms with van der Waals surface area (Å²) in [5, 5.41) is 8.67. The second-order valence-corrected chi connectivity index (χ2v) is 2.37. The summed E-state index contributed by atoms with van der Waals surface area (Å²) < 4.78 is 0. The standard InChI is InChI=1S/C7H5ClNO2/c8-5-3-1-2-4(6(5)9)7(10)11/h1-3,9H,(H,10,11). The molecule has 0 bridgehead atoms. The zero-order valence-corrected chi connectivity index (χ0v) is 6.22. The van der Waals surface area contributed by atoms with Gasteiger partial charge in [-0.1, -0.05) is 17.7 Å². The van der Waals surface area contributed by atoms with Crippen LogP contribution in [0.5, 0.6) is 0 Å². The van der Waals surface area contributed by atoms with E-state index < -0.39 is 5.97 Å². The van der Waals surface area contributed by atoms with E-state index in [1.807, 2.05) is 0 Å². The molecule has 2 N–H and O–H groups in total. The summed E-state index contributed by atoms with van der Waals surface area (Å²) >= 11 is 5.51. The highest BCUT2D eigenvalue weighted by molar-refractivity contribution is 6.33. The first-order valence-electron chi connectivity index (χ1n) is 2.86. The van der Waals surface area contributed by atoms with Crippen LogP contribution < -0.4 is 5.73 Å². The van der Waals surface area contributed by atoms with Crippen molar-refractivity contribution in [2.45, 2.75) is 0 Å². The fourth-order valence-electron chi connectivity index (χ4n) is 0.702. The van der Waals surface area contributed by atoms with E-state index in [4.69, 9.17) is 22.4 Å².